The molecule has 1 saturated heterocycles. The van der Waals surface area contributed by atoms with E-state index in [4.69, 9.17) is 9.47 Å². The summed E-state index contributed by atoms with van der Waals surface area (Å²) in [7, 11) is 0. The lowest BCUT2D eigenvalue weighted by atomic mass is 9.99. The summed E-state index contributed by atoms with van der Waals surface area (Å²) in [5.74, 6) is 0.470. The summed E-state index contributed by atoms with van der Waals surface area (Å²) in [6.45, 7) is 3.79. The van der Waals surface area contributed by atoms with E-state index in [-0.39, 0.29) is 5.91 Å². The molecular weight excluding hydrogens is 364 g/mol. The lowest BCUT2D eigenvalue weighted by Crippen LogP contribution is -2.52. The molecule has 0 radical (unpaired) electrons. The Morgan fingerprint density at radius 2 is 1.93 bits per heavy atom. The molecule has 3 aromatic rings. The number of benzene rings is 2. The third-order valence-corrected chi connectivity index (χ3v) is 5.95. The monoisotopic (exact) mass is 388 g/mol. The van der Waals surface area contributed by atoms with E-state index in [1.807, 2.05) is 42.3 Å². The Balaban J connectivity index is 1.36. The smallest absolute Gasteiger partial charge is 0.222 e. The molecule has 5 rings (SSSR count). The lowest BCUT2D eigenvalue weighted by Gasteiger charge is -2.44. The van der Waals surface area contributed by atoms with Crippen molar-refractivity contribution in [2.45, 2.75) is 38.6 Å². The number of hydrogen-bond acceptors (Lipinski definition) is 4. The number of hydrogen-bond donors (Lipinski definition) is 0. The molecular formula is C24H24N2O3. The second kappa shape index (κ2) is 7.16. The summed E-state index contributed by atoms with van der Waals surface area (Å²) in [4.78, 5) is 18.4. The molecule has 2 aromatic carbocycles. The SMILES string of the molecule is CCC(=O)N1CCC2(CC1)OCc1cc(-c3cnc4ccccc4c3)ccc1O2. The number of carbonyl (C=O) groups excluding carboxylic acids is 1. The van der Waals surface area contributed by atoms with Gasteiger partial charge < -0.3 is 14.4 Å². The molecule has 3 heterocycles. The highest BCUT2D eigenvalue weighted by Gasteiger charge is 2.41. The van der Waals surface area contributed by atoms with Crippen molar-refractivity contribution >= 4 is 16.8 Å². The topological polar surface area (TPSA) is 51.7 Å². The molecule has 5 nitrogen and oxygen atoms in total. The van der Waals surface area contributed by atoms with Crippen LogP contribution in [-0.2, 0) is 16.1 Å². The van der Waals surface area contributed by atoms with E-state index in [0.29, 0.717) is 39.0 Å². The zero-order valence-corrected chi connectivity index (χ0v) is 16.6. The number of likely N-dealkylation sites (tertiary alicyclic amines) is 1. The zero-order chi connectivity index (χ0) is 19.8. The quantitative estimate of drug-likeness (QED) is 0.647. The standard InChI is InChI=1S/C24H24N2O3/c1-2-23(27)26-11-9-24(10-12-26)28-16-20-13-17(7-8-22(20)29-24)19-14-18-5-3-4-6-21(18)25-15-19/h3-8,13-15H,2,9-12,16H2,1H3. The van der Waals surface area contributed by atoms with Gasteiger partial charge in [-0.3, -0.25) is 9.78 Å². The van der Waals surface area contributed by atoms with Crippen molar-refractivity contribution in [3.63, 3.8) is 0 Å². The molecule has 0 N–H and O–H groups in total. The van der Waals surface area contributed by atoms with Crippen LogP contribution in [0.4, 0.5) is 0 Å². The van der Waals surface area contributed by atoms with Crippen LogP contribution in [0.15, 0.2) is 54.7 Å². The Labute approximate surface area is 170 Å². The van der Waals surface area contributed by atoms with E-state index in [9.17, 15) is 4.79 Å². The van der Waals surface area contributed by atoms with E-state index >= 15 is 0 Å². The number of aromatic nitrogens is 1. The first kappa shape index (κ1) is 18.1. The molecule has 5 heteroatoms. The van der Waals surface area contributed by atoms with Gasteiger partial charge in [0.05, 0.1) is 12.1 Å². The fourth-order valence-corrected chi connectivity index (χ4v) is 4.21. The maximum atomic E-state index is 11.9. The number of para-hydroxylation sites is 1. The van der Waals surface area contributed by atoms with Gasteiger partial charge >= 0.3 is 0 Å². The van der Waals surface area contributed by atoms with Gasteiger partial charge in [0, 0.05) is 55.1 Å². The number of piperidine rings is 1. The summed E-state index contributed by atoms with van der Waals surface area (Å²) in [5, 5.41) is 1.13. The maximum absolute atomic E-state index is 11.9. The molecule has 0 bridgehead atoms. The molecule has 2 aliphatic rings. The Morgan fingerprint density at radius 1 is 1.10 bits per heavy atom. The van der Waals surface area contributed by atoms with E-state index in [2.05, 4.69) is 29.2 Å². The normalized spacial score (nSPS) is 17.8. The largest absolute Gasteiger partial charge is 0.462 e. The predicted octanol–water partition coefficient (Wildman–Crippen LogP) is 4.54. The van der Waals surface area contributed by atoms with E-state index < -0.39 is 5.79 Å². The van der Waals surface area contributed by atoms with E-state index in [0.717, 1.165) is 33.3 Å². The minimum absolute atomic E-state index is 0.199. The average Bonchev–Trinajstić information content (AvgIpc) is 2.78. The Bertz CT molecular complexity index is 1070. The highest BCUT2D eigenvalue weighted by atomic mass is 16.7. The van der Waals surface area contributed by atoms with Crippen molar-refractivity contribution in [3.8, 4) is 16.9 Å². The van der Waals surface area contributed by atoms with Crippen molar-refractivity contribution in [1.82, 2.24) is 9.88 Å². The molecule has 1 spiro atoms. The highest BCUT2D eigenvalue weighted by Crippen LogP contribution is 2.39. The summed E-state index contributed by atoms with van der Waals surface area (Å²) in [5.41, 5.74) is 4.23. The average molecular weight is 388 g/mol. The number of amides is 1. The van der Waals surface area contributed by atoms with Gasteiger partial charge in [0.2, 0.25) is 11.7 Å². The van der Waals surface area contributed by atoms with Gasteiger partial charge in [-0.25, -0.2) is 0 Å². The van der Waals surface area contributed by atoms with Crippen LogP contribution < -0.4 is 4.74 Å². The van der Waals surface area contributed by atoms with Crippen molar-refractivity contribution in [3.05, 3.63) is 60.3 Å². The molecule has 29 heavy (non-hydrogen) atoms. The zero-order valence-electron chi connectivity index (χ0n) is 16.6. The second-order valence-electron chi connectivity index (χ2n) is 7.77. The predicted molar refractivity (Wildman–Crippen MR) is 111 cm³/mol. The molecule has 0 aliphatic carbocycles. The first-order valence-corrected chi connectivity index (χ1v) is 10.2. The van der Waals surface area contributed by atoms with Crippen LogP contribution in [0, 0.1) is 0 Å². The molecule has 0 atom stereocenters. The van der Waals surface area contributed by atoms with Crippen molar-refractivity contribution in [1.29, 1.82) is 0 Å². The van der Waals surface area contributed by atoms with E-state index in [1.54, 1.807) is 0 Å². The molecule has 1 fully saturated rings. The number of nitrogens with zero attached hydrogens (tertiary/aromatic N) is 2. The third-order valence-electron chi connectivity index (χ3n) is 5.95. The van der Waals surface area contributed by atoms with Crippen LogP contribution in [0.1, 0.15) is 31.7 Å². The Kier molecular flexibility index (Phi) is 4.47. The highest BCUT2D eigenvalue weighted by molar-refractivity contribution is 5.83. The number of fused-ring (bicyclic) bond motifs is 2. The van der Waals surface area contributed by atoms with Gasteiger partial charge in [0.1, 0.15) is 5.75 Å². The number of pyridine rings is 1. The molecule has 2 aliphatic heterocycles. The van der Waals surface area contributed by atoms with Crippen LogP contribution in [0.3, 0.4) is 0 Å². The summed E-state index contributed by atoms with van der Waals surface area (Å²) >= 11 is 0. The van der Waals surface area contributed by atoms with Crippen LogP contribution in [0.25, 0.3) is 22.0 Å². The summed E-state index contributed by atoms with van der Waals surface area (Å²) < 4.78 is 12.5. The number of ether oxygens (including phenoxy) is 2. The first-order valence-electron chi connectivity index (χ1n) is 10.2. The van der Waals surface area contributed by atoms with Crippen molar-refractivity contribution in [2.75, 3.05) is 13.1 Å². The minimum Gasteiger partial charge on any atom is -0.462 e. The fourth-order valence-electron chi connectivity index (χ4n) is 4.21. The summed E-state index contributed by atoms with van der Waals surface area (Å²) in [6.07, 6.45) is 3.86. The minimum atomic E-state index is -0.608. The third kappa shape index (κ3) is 3.36. The Hall–Kier alpha value is -2.92. The number of rotatable bonds is 2. The van der Waals surface area contributed by atoms with Gasteiger partial charge in [-0.15, -0.1) is 0 Å². The first-order chi connectivity index (χ1) is 14.2. The molecule has 1 amide bonds. The van der Waals surface area contributed by atoms with Gasteiger partial charge in [0.15, 0.2) is 0 Å². The van der Waals surface area contributed by atoms with E-state index in [1.165, 1.54) is 0 Å². The van der Waals surface area contributed by atoms with Crippen LogP contribution in [0.5, 0.6) is 5.75 Å². The van der Waals surface area contributed by atoms with Gasteiger partial charge in [-0.05, 0) is 29.8 Å². The Morgan fingerprint density at radius 3 is 2.76 bits per heavy atom. The van der Waals surface area contributed by atoms with Crippen LogP contribution in [-0.4, -0.2) is 34.7 Å². The molecule has 148 valence electrons. The molecule has 1 aromatic heterocycles. The fraction of sp³-hybridized carbons (Fsp3) is 0.333. The van der Waals surface area contributed by atoms with Crippen LogP contribution >= 0.6 is 0 Å². The van der Waals surface area contributed by atoms with Crippen molar-refractivity contribution < 1.29 is 14.3 Å². The molecule has 0 unspecified atom stereocenters. The number of carbonyl (C=O) groups is 1. The lowest BCUT2D eigenvalue weighted by molar-refractivity contribution is -0.227. The van der Waals surface area contributed by atoms with Crippen molar-refractivity contribution in [2.24, 2.45) is 0 Å². The second-order valence-corrected chi connectivity index (χ2v) is 7.77. The van der Waals surface area contributed by atoms with Gasteiger partial charge in [0.25, 0.3) is 0 Å². The van der Waals surface area contributed by atoms with Gasteiger partial charge in [-0.1, -0.05) is 31.2 Å². The summed E-state index contributed by atoms with van der Waals surface area (Å²) in [6, 6.07) is 16.5. The van der Waals surface area contributed by atoms with Crippen LogP contribution in [0.2, 0.25) is 0 Å². The molecule has 0 saturated carbocycles. The van der Waals surface area contributed by atoms with Gasteiger partial charge in [-0.2, -0.15) is 0 Å². The maximum Gasteiger partial charge on any atom is 0.222 e.